The van der Waals surface area contributed by atoms with Crippen molar-refractivity contribution in [1.82, 2.24) is 15.0 Å². The molecule has 0 bridgehead atoms. The monoisotopic (exact) mass is 675 g/mol. The fourth-order valence-electron chi connectivity index (χ4n) is 8.06. The summed E-state index contributed by atoms with van der Waals surface area (Å²) in [5.41, 5.74) is 14.1. The number of hydrogen-bond acceptors (Lipinski definition) is 4. The fourth-order valence-corrected chi connectivity index (χ4v) is 8.06. The standard InChI is InChI=1S/C49H29N3O/c1-3-12-30(13-4-1)40-28-35(29-41-37-20-9-16-32-17-10-21-39(44(32)37)45(40)41)49-51-47(33-14-5-2-6-15-33)50-48(52-49)34-26-24-31(25-27-34)36-19-11-23-43-46(36)38-18-7-8-22-42(38)53-43/h1-29H. The van der Waals surface area contributed by atoms with E-state index in [1.807, 2.05) is 36.4 Å². The minimum atomic E-state index is 0.625. The highest BCUT2D eigenvalue weighted by atomic mass is 16.3. The van der Waals surface area contributed by atoms with E-state index in [9.17, 15) is 0 Å². The van der Waals surface area contributed by atoms with Gasteiger partial charge in [0.15, 0.2) is 17.5 Å². The number of furan rings is 1. The Labute approximate surface area is 305 Å². The molecule has 246 valence electrons. The maximum Gasteiger partial charge on any atom is 0.164 e. The summed E-state index contributed by atoms with van der Waals surface area (Å²) in [6, 6.07) is 61.5. The van der Waals surface area contributed by atoms with Gasteiger partial charge in [0.1, 0.15) is 11.2 Å². The molecule has 4 heteroatoms. The van der Waals surface area contributed by atoms with Gasteiger partial charge in [-0.1, -0.05) is 152 Å². The van der Waals surface area contributed by atoms with E-state index in [1.54, 1.807) is 0 Å². The molecule has 0 saturated carbocycles. The highest BCUT2D eigenvalue weighted by Crippen LogP contribution is 2.52. The number of hydrogen-bond donors (Lipinski definition) is 0. The van der Waals surface area contributed by atoms with Crippen molar-refractivity contribution in [2.45, 2.75) is 0 Å². The lowest BCUT2D eigenvalue weighted by atomic mass is 9.91. The van der Waals surface area contributed by atoms with E-state index in [0.717, 1.165) is 60.9 Å². The Kier molecular flexibility index (Phi) is 6.52. The molecule has 0 fully saturated rings. The molecule has 2 aromatic heterocycles. The Morgan fingerprint density at radius 2 is 0.849 bits per heavy atom. The second-order valence-electron chi connectivity index (χ2n) is 13.5. The molecule has 0 unspecified atom stereocenters. The Bertz CT molecular complexity index is 3030. The van der Waals surface area contributed by atoms with E-state index in [4.69, 9.17) is 19.4 Å². The van der Waals surface area contributed by atoms with Gasteiger partial charge < -0.3 is 4.42 Å². The summed E-state index contributed by atoms with van der Waals surface area (Å²) in [4.78, 5) is 15.4. The summed E-state index contributed by atoms with van der Waals surface area (Å²) in [7, 11) is 0. The third kappa shape index (κ3) is 4.73. The molecular formula is C49H29N3O. The van der Waals surface area contributed by atoms with Crippen molar-refractivity contribution in [3.8, 4) is 78.7 Å². The first kappa shape index (κ1) is 29.5. The van der Waals surface area contributed by atoms with E-state index in [-0.39, 0.29) is 0 Å². The molecular weight excluding hydrogens is 647 g/mol. The minimum Gasteiger partial charge on any atom is -0.456 e. The lowest BCUT2D eigenvalue weighted by Gasteiger charge is -2.15. The van der Waals surface area contributed by atoms with Crippen LogP contribution in [-0.4, -0.2) is 15.0 Å². The highest BCUT2D eigenvalue weighted by Gasteiger charge is 2.26. The predicted molar refractivity (Wildman–Crippen MR) is 216 cm³/mol. The van der Waals surface area contributed by atoms with Crippen LogP contribution in [0.5, 0.6) is 0 Å². The van der Waals surface area contributed by atoms with E-state index in [2.05, 4.69) is 140 Å². The molecule has 0 spiro atoms. The quantitative estimate of drug-likeness (QED) is 0.182. The maximum absolute atomic E-state index is 6.19. The zero-order valence-electron chi connectivity index (χ0n) is 28.5. The van der Waals surface area contributed by atoms with E-state index in [0.29, 0.717) is 17.5 Å². The van der Waals surface area contributed by atoms with Crippen molar-refractivity contribution in [3.63, 3.8) is 0 Å². The van der Waals surface area contributed by atoms with Crippen molar-refractivity contribution in [2.75, 3.05) is 0 Å². The largest absolute Gasteiger partial charge is 0.456 e. The molecule has 0 aliphatic heterocycles. The minimum absolute atomic E-state index is 0.625. The SMILES string of the molecule is c1ccc(-c2nc(-c3ccc(-c4cccc5oc6ccccc6c45)cc3)nc(-c3cc(-c4ccccc4)c4c(c3)-c3cccc5cccc-4c35)n2)cc1. The van der Waals surface area contributed by atoms with Crippen LogP contribution in [0.3, 0.4) is 0 Å². The molecule has 53 heavy (non-hydrogen) atoms. The number of nitrogens with zero attached hydrogens (tertiary/aromatic N) is 3. The summed E-state index contributed by atoms with van der Waals surface area (Å²) in [6.45, 7) is 0. The Hall–Kier alpha value is -7.17. The third-order valence-electron chi connectivity index (χ3n) is 10.5. The van der Waals surface area contributed by atoms with Crippen molar-refractivity contribution in [3.05, 3.63) is 176 Å². The first-order chi connectivity index (χ1) is 26.3. The van der Waals surface area contributed by atoms with E-state index >= 15 is 0 Å². The molecule has 10 aromatic rings. The number of rotatable bonds is 5. The van der Waals surface area contributed by atoms with E-state index < -0.39 is 0 Å². The zero-order valence-corrected chi connectivity index (χ0v) is 28.5. The molecule has 11 rings (SSSR count). The first-order valence-electron chi connectivity index (χ1n) is 17.9. The Balaban J connectivity index is 1.09. The molecule has 1 aliphatic rings. The summed E-state index contributed by atoms with van der Waals surface area (Å²) >= 11 is 0. The maximum atomic E-state index is 6.19. The fraction of sp³-hybridized carbons (Fsp3) is 0. The smallest absolute Gasteiger partial charge is 0.164 e. The van der Waals surface area contributed by atoms with Crippen LogP contribution in [0.15, 0.2) is 180 Å². The molecule has 1 aliphatic carbocycles. The molecule has 4 nitrogen and oxygen atoms in total. The van der Waals surface area contributed by atoms with Crippen LogP contribution < -0.4 is 0 Å². The van der Waals surface area contributed by atoms with Gasteiger partial charge >= 0.3 is 0 Å². The number of aromatic nitrogens is 3. The van der Waals surface area contributed by atoms with Crippen molar-refractivity contribution in [2.24, 2.45) is 0 Å². The molecule has 0 saturated heterocycles. The summed E-state index contributed by atoms with van der Waals surface area (Å²) in [5, 5.41) is 4.76. The Morgan fingerprint density at radius 1 is 0.321 bits per heavy atom. The van der Waals surface area contributed by atoms with Gasteiger partial charge in [0.2, 0.25) is 0 Å². The normalized spacial score (nSPS) is 11.8. The second-order valence-corrected chi connectivity index (χ2v) is 13.5. The Morgan fingerprint density at radius 3 is 1.60 bits per heavy atom. The van der Waals surface area contributed by atoms with Crippen LogP contribution in [0, 0.1) is 0 Å². The average Bonchev–Trinajstić information content (AvgIpc) is 3.78. The van der Waals surface area contributed by atoms with Gasteiger partial charge in [-0.05, 0) is 79.5 Å². The van der Waals surface area contributed by atoms with E-state index in [1.165, 1.54) is 33.0 Å². The zero-order chi connectivity index (χ0) is 34.9. The lowest BCUT2D eigenvalue weighted by Crippen LogP contribution is -2.01. The van der Waals surface area contributed by atoms with Gasteiger partial charge in [0, 0.05) is 27.5 Å². The molecule has 2 heterocycles. The summed E-state index contributed by atoms with van der Waals surface area (Å²) in [6.07, 6.45) is 0. The van der Waals surface area contributed by atoms with Crippen LogP contribution >= 0.6 is 0 Å². The average molecular weight is 676 g/mol. The van der Waals surface area contributed by atoms with Crippen LogP contribution in [-0.2, 0) is 0 Å². The van der Waals surface area contributed by atoms with Gasteiger partial charge in [-0.15, -0.1) is 0 Å². The number of benzene rings is 8. The van der Waals surface area contributed by atoms with Crippen LogP contribution in [0.25, 0.3) is 111 Å². The van der Waals surface area contributed by atoms with Gasteiger partial charge in [0.05, 0.1) is 0 Å². The van der Waals surface area contributed by atoms with Gasteiger partial charge in [-0.2, -0.15) is 0 Å². The van der Waals surface area contributed by atoms with Gasteiger partial charge in [-0.25, -0.2) is 15.0 Å². The number of para-hydroxylation sites is 1. The molecule has 8 aromatic carbocycles. The summed E-state index contributed by atoms with van der Waals surface area (Å²) in [5.74, 6) is 1.90. The molecule has 0 N–H and O–H groups in total. The lowest BCUT2D eigenvalue weighted by molar-refractivity contribution is 0.669. The number of fused-ring (bicyclic) bond motifs is 6. The third-order valence-corrected chi connectivity index (χ3v) is 10.5. The van der Waals surface area contributed by atoms with Crippen molar-refractivity contribution < 1.29 is 4.42 Å². The van der Waals surface area contributed by atoms with Gasteiger partial charge in [0.25, 0.3) is 0 Å². The highest BCUT2D eigenvalue weighted by molar-refractivity contribution is 6.19. The molecule has 0 amide bonds. The van der Waals surface area contributed by atoms with Crippen LogP contribution in [0.1, 0.15) is 0 Å². The van der Waals surface area contributed by atoms with Crippen LogP contribution in [0.2, 0.25) is 0 Å². The second kappa shape index (κ2) is 11.7. The predicted octanol–water partition coefficient (Wildman–Crippen LogP) is 12.9. The topological polar surface area (TPSA) is 51.8 Å². The molecule has 0 radical (unpaired) electrons. The first-order valence-corrected chi connectivity index (χ1v) is 17.9. The van der Waals surface area contributed by atoms with Crippen LogP contribution in [0.4, 0.5) is 0 Å². The van der Waals surface area contributed by atoms with Gasteiger partial charge in [-0.3, -0.25) is 0 Å². The summed E-state index contributed by atoms with van der Waals surface area (Å²) < 4.78 is 6.19. The van der Waals surface area contributed by atoms with Crippen molar-refractivity contribution in [1.29, 1.82) is 0 Å². The van der Waals surface area contributed by atoms with Crippen molar-refractivity contribution >= 4 is 32.7 Å². The molecule has 0 atom stereocenters.